The minimum absolute atomic E-state index is 0.0620. The molecule has 0 bridgehead atoms. The molecule has 4 rings (SSSR count). The summed E-state index contributed by atoms with van der Waals surface area (Å²) >= 11 is 0. The van der Waals surface area contributed by atoms with Gasteiger partial charge in [-0.15, -0.1) is 0 Å². The number of aromatic nitrogens is 1. The maximum atomic E-state index is 14.2. The van der Waals surface area contributed by atoms with Gasteiger partial charge in [0.1, 0.15) is 42.0 Å². The lowest BCUT2D eigenvalue weighted by molar-refractivity contribution is -0.142. The van der Waals surface area contributed by atoms with Crippen molar-refractivity contribution in [1.82, 2.24) is 36.5 Å². The molecule has 0 spiro atoms. The first kappa shape index (κ1) is 49.6. The van der Waals surface area contributed by atoms with Crippen LogP contribution in [0.5, 0.6) is 5.75 Å². The van der Waals surface area contributed by atoms with E-state index in [4.69, 9.17) is 17.2 Å². The summed E-state index contributed by atoms with van der Waals surface area (Å²) in [6.07, 6.45) is -1.49. The van der Waals surface area contributed by atoms with E-state index in [1.807, 2.05) is 0 Å². The third-order valence-corrected chi connectivity index (χ3v) is 10.5. The molecular formula is C42H56N10O12. The Hall–Kier alpha value is -7.07. The van der Waals surface area contributed by atoms with Crippen LogP contribution < -0.4 is 43.8 Å². The minimum Gasteiger partial charge on any atom is -0.508 e. The van der Waals surface area contributed by atoms with Crippen LogP contribution in [0.1, 0.15) is 64.0 Å². The summed E-state index contributed by atoms with van der Waals surface area (Å²) in [6.45, 7) is 4.00. The number of benzene rings is 2. The van der Waals surface area contributed by atoms with Crippen LogP contribution in [0, 0.1) is 0 Å². The van der Waals surface area contributed by atoms with Crippen LogP contribution in [0.25, 0.3) is 10.9 Å². The third kappa shape index (κ3) is 13.7. The maximum Gasteiger partial charge on any atom is 0.305 e. The number of aliphatic hydroxyl groups is 1. The summed E-state index contributed by atoms with van der Waals surface area (Å²) in [6, 6.07) is 3.73. The Morgan fingerprint density at radius 1 is 0.812 bits per heavy atom. The SMILES string of the molecule is C[C@@H](O)[C@H](NC(=O)[C@H](CCC(N)=O)NC(=O)[C@H](Cc1c[nH]c2ccccc12)NC(=O)[C@H](CC(=O)O)NC(=O)C(C)(C)N)C(=O)N[C@@H](Cc1ccc(O)cc1)C(=O)N1CCC[C@H]1C(N)=O. The number of aromatic hydroxyl groups is 1. The highest BCUT2D eigenvalue weighted by atomic mass is 16.4. The monoisotopic (exact) mass is 892 g/mol. The van der Waals surface area contributed by atoms with Crippen molar-refractivity contribution in [2.75, 3.05) is 6.54 Å². The molecule has 0 saturated carbocycles. The van der Waals surface area contributed by atoms with E-state index in [0.29, 0.717) is 34.9 Å². The van der Waals surface area contributed by atoms with Crippen molar-refractivity contribution in [3.05, 3.63) is 65.9 Å². The number of hydrogen-bond acceptors (Lipinski definition) is 12. The van der Waals surface area contributed by atoms with E-state index in [9.17, 15) is 58.5 Å². The van der Waals surface area contributed by atoms with Crippen molar-refractivity contribution in [2.45, 2.75) is 114 Å². The quantitative estimate of drug-likeness (QED) is 0.0494. The molecule has 1 aliphatic heterocycles. The number of H-pyrrole nitrogens is 1. The van der Waals surface area contributed by atoms with E-state index in [0.717, 1.165) is 0 Å². The second-order valence-electron chi connectivity index (χ2n) is 16.3. The number of carboxylic acid groups (broad SMARTS) is 1. The summed E-state index contributed by atoms with van der Waals surface area (Å²) in [5.41, 5.74) is 17.0. The number of likely N-dealkylation sites (tertiary alicyclic amines) is 1. The van der Waals surface area contributed by atoms with Crippen LogP contribution in [-0.2, 0) is 56.0 Å². The summed E-state index contributed by atoms with van der Waals surface area (Å²) in [7, 11) is 0. The number of amides is 8. The van der Waals surface area contributed by atoms with Gasteiger partial charge in [0.15, 0.2) is 0 Å². The van der Waals surface area contributed by atoms with Crippen molar-refractivity contribution >= 4 is 64.1 Å². The van der Waals surface area contributed by atoms with Crippen LogP contribution in [-0.4, -0.2) is 133 Å². The number of hydrogen-bond donors (Lipinski definition) is 12. The molecule has 0 radical (unpaired) electrons. The average Bonchev–Trinajstić information content (AvgIpc) is 3.88. The van der Waals surface area contributed by atoms with E-state index >= 15 is 0 Å². The average molecular weight is 893 g/mol. The highest BCUT2D eigenvalue weighted by molar-refractivity contribution is 5.99. The van der Waals surface area contributed by atoms with Gasteiger partial charge in [-0.2, -0.15) is 0 Å². The fraction of sp³-hybridized carbons (Fsp3) is 0.452. The summed E-state index contributed by atoms with van der Waals surface area (Å²) in [5, 5.41) is 43.0. The number of nitrogens with zero attached hydrogens (tertiary/aromatic N) is 1. The number of rotatable bonds is 22. The number of aromatic amines is 1. The van der Waals surface area contributed by atoms with Crippen LogP contribution in [0.2, 0.25) is 0 Å². The Morgan fingerprint density at radius 3 is 2.03 bits per heavy atom. The highest BCUT2D eigenvalue weighted by Crippen LogP contribution is 2.22. The number of para-hydroxylation sites is 1. The molecule has 0 aliphatic carbocycles. The summed E-state index contributed by atoms with van der Waals surface area (Å²) in [4.78, 5) is 123. The molecule has 64 heavy (non-hydrogen) atoms. The number of nitrogens with one attached hydrogen (secondary N) is 6. The van der Waals surface area contributed by atoms with Crippen LogP contribution in [0.3, 0.4) is 0 Å². The predicted molar refractivity (Wildman–Crippen MR) is 228 cm³/mol. The molecule has 1 fully saturated rings. The normalized spacial score (nSPS) is 16.6. The summed E-state index contributed by atoms with van der Waals surface area (Å²) in [5.74, 6) is -8.93. The minimum atomic E-state index is -1.78. The van der Waals surface area contributed by atoms with Gasteiger partial charge in [-0.1, -0.05) is 30.3 Å². The zero-order chi connectivity index (χ0) is 47.5. The molecule has 346 valence electrons. The smallest absolute Gasteiger partial charge is 0.305 e. The first-order chi connectivity index (χ1) is 30.0. The van der Waals surface area contributed by atoms with Gasteiger partial charge in [-0.3, -0.25) is 43.2 Å². The molecule has 15 N–H and O–H groups in total. The Kier molecular flexibility index (Phi) is 16.9. The van der Waals surface area contributed by atoms with Crippen molar-refractivity contribution < 1.29 is 58.5 Å². The molecule has 8 amide bonds. The first-order valence-electron chi connectivity index (χ1n) is 20.5. The maximum absolute atomic E-state index is 14.2. The zero-order valence-electron chi connectivity index (χ0n) is 35.6. The second kappa shape index (κ2) is 21.8. The van der Waals surface area contributed by atoms with Gasteiger partial charge in [0.2, 0.25) is 47.3 Å². The topological polar surface area (TPSA) is 372 Å². The molecule has 1 aromatic heterocycles. The van der Waals surface area contributed by atoms with Gasteiger partial charge in [-0.25, -0.2) is 0 Å². The molecular weight excluding hydrogens is 837 g/mol. The number of aliphatic carboxylic acids is 1. The number of carbonyl (C=O) groups is 9. The lowest BCUT2D eigenvalue weighted by Gasteiger charge is -2.30. The van der Waals surface area contributed by atoms with Crippen LogP contribution >= 0.6 is 0 Å². The first-order valence-corrected chi connectivity index (χ1v) is 20.5. The number of fused-ring (bicyclic) bond motifs is 1. The molecule has 22 nitrogen and oxygen atoms in total. The lowest BCUT2D eigenvalue weighted by Crippen LogP contribution is -2.62. The molecule has 1 aliphatic rings. The number of carbonyl (C=O) groups excluding carboxylic acids is 8. The van der Waals surface area contributed by atoms with Gasteiger partial charge < -0.3 is 69.0 Å². The fourth-order valence-corrected chi connectivity index (χ4v) is 7.07. The molecule has 22 heteroatoms. The Bertz CT molecular complexity index is 2220. The fourth-order valence-electron chi connectivity index (χ4n) is 7.07. The van der Waals surface area contributed by atoms with Gasteiger partial charge >= 0.3 is 5.97 Å². The van der Waals surface area contributed by atoms with Crippen molar-refractivity contribution in [2.24, 2.45) is 17.2 Å². The molecule has 2 aromatic carbocycles. The number of aliphatic hydroxyl groups excluding tert-OH is 1. The Morgan fingerprint density at radius 2 is 1.42 bits per heavy atom. The molecule has 3 aromatic rings. The van der Waals surface area contributed by atoms with Crippen LogP contribution in [0.4, 0.5) is 0 Å². The number of nitrogens with two attached hydrogens (primary N) is 3. The lowest BCUT2D eigenvalue weighted by atomic mass is 10.0. The molecule has 1 saturated heterocycles. The van der Waals surface area contributed by atoms with Crippen LogP contribution in [0.15, 0.2) is 54.7 Å². The van der Waals surface area contributed by atoms with Gasteiger partial charge in [0, 0.05) is 42.9 Å². The predicted octanol–water partition coefficient (Wildman–Crippen LogP) is -2.58. The summed E-state index contributed by atoms with van der Waals surface area (Å²) < 4.78 is 0. The highest BCUT2D eigenvalue weighted by Gasteiger charge is 2.39. The second-order valence-corrected chi connectivity index (χ2v) is 16.3. The number of primary amides is 2. The molecule has 2 heterocycles. The van der Waals surface area contributed by atoms with E-state index < -0.39 is 120 Å². The van der Waals surface area contributed by atoms with E-state index in [2.05, 4.69) is 31.6 Å². The number of carboxylic acids is 1. The third-order valence-electron chi connectivity index (χ3n) is 10.5. The van der Waals surface area contributed by atoms with Crippen molar-refractivity contribution in [3.63, 3.8) is 0 Å². The van der Waals surface area contributed by atoms with Gasteiger partial charge in [0.05, 0.1) is 18.1 Å². The number of phenolic OH excluding ortho intramolecular Hbond substituents is 1. The van der Waals surface area contributed by atoms with E-state index in [-0.39, 0.29) is 25.1 Å². The van der Waals surface area contributed by atoms with E-state index in [1.54, 1.807) is 30.5 Å². The molecule has 7 atom stereocenters. The van der Waals surface area contributed by atoms with Crippen molar-refractivity contribution in [3.8, 4) is 5.75 Å². The van der Waals surface area contributed by atoms with Gasteiger partial charge in [-0.05, 0) is 69.4 Å². The number of phenols is 1. The zero-order valence-corrected chi connectivity index (χ0v) is 35.6. The largest absolute Gasteiger partial charge is 0.508 e. The molecule has 0 unspecified atom stereocenters. The standard InChI is InChI=1S/C42H56N10O12/c1-21(53)34(39(62)49-30(17-22-10-12-24(54)13-11-22)40(63)52-16-6-9-31(52)35(44)58)51-36(59)27(14-15-32(43)55)47-37(60)28(18-23-20-46-26-8-5-4-7-25(23)26)48-38(61)29(19-33(56)57)50-41(64)42(2,3)45/h4-5,7-8,10-13,20-21,27-31,34,46,53-54H,6,9,14-19,45H2,1-3H3,(H2,43,55)(H2,44,58)(H,47,60)(H,48,61)(H,49,62)(H,50,64)(H,51,59)(H,56,57)/t21-,27+,28+,29+,30+,31+,34+/m1/s1. The Labute approximate surface area is 367 Å². The van der Waals surface area contributed by atoms with Crippen molar-refractivity contribution in [1.29, 1.82) is 0 Å². The van der Waals surface area contributed by atoms with Gasteiger partial charge in [0.25, 0.3) is 0 Å². The van der Waals surface area contributed by atoms with E-state index in [1.165, 1.54) is 49.9 Å². The Balaban J connectivity index is 1.62.